The molecule has 0 saturated heterocycles. The SMILES string of the molecule is CCCC(C)(Pc1ccc(C)cc1C(C)(C)O)c1cc(Cc2ccccc2)ccc1O. The molecule has 0 fully saturated rings. The number of aliphatic hydroxyl groups is 1. The van der Waals surface area contributed by atoms with Crippen LogP contribution in [-0.2, 0) is 17.2 Å². The standard InChI is InChI=1S/C28H35O2P/c1-6-16-28(5,31-26-15-12-20(2)17-24(26)27(3,4)30)23-19-22(13-14-25(23)29)18-21-10-8-7-9-11-21/h7-15,17,19,29-31H,6,16,18H2,1-5H3. The Morgan fingerprint density at radius 2 is 1.55 bits per heavy atom. The highest BCUT2D eigenvalue weighted by Crippen LogP contribution is 2.49. The van der Waals surface area contributed by atoms with Crippen molar-refractivity contribution in [3.05, 3.63) is 94.5 Å². The summed E-state index contributed by atoms with van der Waals surface area (Å²) in [5.74, 6) is 0.359. The molecular formula is C28H35O2P. The minimum atomic E-state index is -0.904. The maximum atomic E-state index is 10.9. The summed E-state index contributed by atoms with van der Waals surface area (Å²) in [7, 11) is 0.442. The maximum Gasteiger partial charge on any atom is 0.119 e. The summed E-state index contributed by atoms with van der Waals surface area (Å²) < 4.78 is 0. The lowest BCUT2D eigenvalue weighted by Gasteiger charge is -2.33. The van der Waals surface area contributed by atoms with Gasteiger partial charge >= 0.3 is 0 Å². The minimum absolute atomic E-state index is 0.208. The first-order valence-corrected chi connectivity index (χ1v) is 12.1. The second kappa shape index (κ2) is 9.55. The molecule has 3 heteroatoms. The van der Waals surface area contributed by atoms with Crippen molar-refractivity contribution in [1.82, 2.24) is 0 Å². The molecule has 0 spiro atoms. The van der Waals surface area contributed by atoms with E-state index in [1.807, 2.05) is 32.0 Å². The zero-order valence-corrected chi connectivity index (χ0v) is 20.4. The minimum Gasteiger partial charge on any atom is -0.508 e. The number of aromatic hydroxyl groups is 1. The summed E-state index contributed by atoms with van der Waals surface area (Å²) in [4.78, 5) is 0. The normalized spacial score (nSPS) is 14.1. The van der Waals surface area contributed by atoms with Crippen molar-refractivity contribution in [2.24, 2.45) is 0 Å². The largest absolute Gasteiger partial charge is 0.508 e. The van der Waals surface area contributed by atoms with Crippen LogP contribution in [0.25, 0.3) is 0 Å². The first-order valence-electron chi connectivity index (χ1n) is 11.1. The Bertz CT molecular complexity index is 1020. The van der Waals surface area contributed by atoms with E-state index in [1.165, 1.54) is 16.4 Å². The highest BCUT2D eigenvalue weighted by atomic mass is 31.1. The van der Waals surface area contributed by atoms with Gasteiger partial charge < -0.3 is 10.2 Å². The highest BCUT2D eigenvalue weighted by Gasteiger charge is 2.32. The lowest BCUT2D eigenvalue weighted by atomic mass is 9.91. The van der Waals surface area contributed by atoms with Crippen molar-refractivity contribution < 1.29 is 10.2 Å². The van der Waals surface area contributed by atoms with Gasteiger partial charge in [-0.25, -0.2) is 0 Å². The molecule has 31 heavy (non-hydrogen) atoms. The second-order valence-corrected chi connectivity index (χ2v) is 11.2. The summed E-state index contributed by atoms with van der Waals surface area (Å²) in [6.07, 6.45) is 2.83. The summed E-state index contributed by atoms with van der Waals surface area (Å²) in [6, 6.07) is 22.9. The Hall–Kier alpha value is -2.15. The average molecular weight is 435 g/mol. The Balaban J connectivity index is 2.02. The fraction of sp³-hybridized carbons (Fsp3) is 0.357. The maximum absolute atomic E-state index is 10.9. The molecule has 0 bridgehead atoms. The van der Waals surface area contributed by atoms with Crippen LogP contribution in [0.1, 0.15) is 68.4 Å². The third-order valence-electron chi connectivity index (χ3n) is 5.90. The molecule has 3 rings (SSSR count). The lowest BCUT2D eigenvalue weighted by molar-refractivity contribution is 0.0796. The zero-order valence-electron chi connectivity index (χ0n) is 19.4. The monoisotopic (exact) mass is 434 g/mol. The molecule has 0 aliphatic rings. The Labute approximate surface area is 189 Å². The van der Waals surface area contributed by atoms with Gasteiger partial charge in [0.25, 0.3) is 0 Å². The Kier molecular flexibility index (Phi) is 7.24. The molecule has 164 valence electrons. The number of aryl methyl sites for hydroxylation is 1. The van der Waals surface area contributed by atoms with E-state index in [0.29, 0.717) is 14.3 Å². The van der Waals surface area contributed by atoms with Gasteiger partial charge in [-0.1, -0.05) is 95.1 Å². The average Bonchev–Trinajstić information content (AvgIpc) is 2.71. The van der Waals surface area contributed by atoms with Crippen molar-refractivity contribution in [2.75, 3.05) is 0 Å². The van der Waals surface area contributed by atoms with Crippen LogP contribution in [0.15, 0.2) is 66.7 Å². The van der Waals surface area contributed by atoms with Crippen LogP contribution in [0.5, 0.6) is 5.75 Å². The van der Waals surface area contributed by atoms with Gasteiger partial charge in [0.2, 0.25) is 0 Å². The van der Waals surface area contributed by atoms with Crippen LogP contribution in [0.4, 0.5) is 0 Å². The van der Waals surface area contributed by atoms with Crippen LogP contribution in [-0.4, -0.2) is 10.2 Å². The van der Waals surface area contributed by atoms with E-state index in [0.717, 1.165) is 36.0 Å². The van der Waals surface area contributed by atoms with E-state index in [-0.39, 0.29) is 5.16 Å². The molecular weight excluding hydrogens is 399 g/mol. The Morgan fingerprint density at radius 1 is 0.839 bits per heavy atom. The van der Waals surface area contributed by atoms with Crippen LogP contribution in [0.3, 0.4) is 0 Å². The number of hydrogen-bond acceptors (Lipinski definition) is 2. The summed E-state index contributed by atoms with van der Waals surface area (Å²) in [5, 5.41) is 22.6. The highest BCUT2D eigenvalue weighted by molar-refractivity contribution is 7.48. The van der Waals surface area contributed by atoms with Gasteiger partial charge in [-0.05, 0) is 61.7 Å². The van der Waals surface area contributed by atoms with Gasteiger partial charge in [0.05, 0.1) is 5.60 Å². The molecule has 0 radical (unpaired) electrons. The van der Waals surface area contributed by atoms with E-state index >= 15 is 0 Å². The molecule has 0 aliphatic carbocycles. The molecule has 2 atom stereocenters. The first-order chi connectivity index (χ1) is 14.6. The van der Waals surface area contributed by atoms with Gasteiger partial charge in [-0.2, -0.15) is 0 Å². The first kappa shape index (κ1) is 23.5. The summed E-state index contributed by atoms with van der Waals surface area (Å²) in [5.41, 5.74) is 4.70. The number of rotatable bonds is 8. The number of phenols is 1. The van der Waals surface area contributed by atoms with Gasteiger partial charge in [0.1, 0.15) is 5.75 Å². The fourth-order valence-corrected chi connectivity index (χ4v) is 6.29. The number of phenolic OH excluding ortho intramolecular Hbond substituents is 1. The molecule has 3 aromatic carbocycles. The zero-order chi connectivity index (χ0) is 22.6. The van der Waals surface area contributed by atoms with E-state index in [9.17, 15) is 10.2 Å². The third kappa shape index (κ3) is 5.76. The number of benzene rings is 3. The molecule has 0 aliphatic heterocycles. The predicted octanol–water partition coefficient (Wildman–Crippen LogP) is 6.54. The van der Waals surface area contributed by atoms with Gasteiger partial charge in [0.15, 0.2) is 0 Å². The molecule has 0 amide bonds. The topological polar surface area (TPSA) is 40.5 Å². The quantitative estimate of drug-likeness (QED) is 0.395. The molecule has 0 aromatic heterocycles. The van der Waals surface area contributed by atoms with Crippen molar-refractivity contribution in [1.29, 1.82) is 0 Å². The second-order valence-electron chi connectivity index (χ2n) is 9.33. The van der Waals surface area contributed by atoms with Gasteiger partial charge in [0, 0.05) is 10.7 Å². The molecule has 2 nitrogen and oxygen atoms in total. The summed E-state index contributed by atoms with van der Waals surface area (Å²) >= 11 is 0. The molecule has 2 unspecified atom stereocenters. The van der Waals surface area contributed by atoms with Crippen molar-refractivity contribution in [2.45, 2.75) is 64.6 Å². The van der Waals surface area contributed by atoms with Crippen LogP contribution < -0.4 is 5.30 Å². The van der Waals surface area contributed by atoms with E-state index in [4.69, 9.17) is 0 Å². The fourth-order valence-electron chi connectivity index (χ4n) is 4.30. The predicted molar refractivity (Wildman–Crippen MR) is 134 cm³/mol. The van der Waals surface area contributed by atoms with Gasteiger partial charge in [-0.3, -0.25) is 0 Å². The third-order valence-corrected chi connectivity index (χ3v) is 7.68. The van der Waals surface area contributed by atoms with Crippen LogP contribution in [0.2, 0.25) is 0 Å². The molecule has 0 heterocycles. The van der Waals surface area contributed by atoms with Crippen molar-refractivity contribution >= 4 is 13.9 Å². The number of hydrogen-bond donors (Lipinski definition) is 2. The van der Waals surface area contributed by atoms with E-state index < -0.39 is 5.60 Å². The van der Waals surface area contributed by atoms with Crippen molar-refractivity contribution in [3.63, 3.8) is 0 Å². The molecule has 0 saturated carbocycles. The van der Waals surface area contributed by atoms with Crippen LogP contribution in [0, 0.1) is 6.92 Å². The molecule has 3 aromatic rings. The Morgan fingerprint density at radius 3 is 2.19 bits per heavy atom. The van der Waals surface area contributed by atoms with Crippen LogP contribution >= 0.6 is 8.58 Å². The summed E-state index contributed by atoms with van der Waals surface area (Å²) in [6.45, 7) is 10.2. The van der Waals surface area contributed by atoms with Gasteiger partial charge in [-0.15, -0.1) is 0 Å². The smallest absolute Gasteiger partial charge is 0.119 e. The van der Waals surface area contributed by atoms with E-state index in [2.05, 4.69) is 69.3 Å². The lowest BCUT2D eigenvalue weighted by Crippen LogP contribution is -2.27. The van der Waals surface area contributed by atoms with Crippen molar-refractivity contribution in [3.8, 4) is 5.75 Å². The van der Waals surface area contributed by atoms with E-state index in [1.54, 1.807) is 0 Å². The molecule has 2 N–H and O–H groups in total.